The summed E-state index contributed by atoms with van der Waals surface area (Å²) < 4.78 is 0. The zero-order chi connectivity index (χ0) is 12.3. The third-order valence-corrected chi connectivity index (χ3v) is 3.37. The molecule has 0 radical (unpaired) electrons. The van der Waals surface area contributed by atoms with E-state index in [0.29, 0.717) is 12.3 Å². The lowest BCUT2D eigenvalue weighted by atomic mass is 10.1. The van der Waals surface area contributed by atoms with E-state index in [1.165, 1.54) is 44.9 Å². The van der Waals surface area contributed by atoms with Crippen molar-refractivity contribution in [2.45, 2.75) is 64.7 Å². The fraction of sp³-hybridized carbons (Fsp3) is 0.800. The van der Waals surface area contributed by atoms with Crippen molar-refractivity contribution < 1.29 is 4.79 Å². The van der Waals surface area contributed by atoms with Gasteiger partial charge in [-0.3, -0.25) is 4.79 Å². The first-order chi connectivity index (χ1) is 8.34. The SMILES string of the molecule is CCCCC/C=C/CCC(=O)N1CCCCC1. The number of carbonyl (C=O) groups is 1. The van der Waals surface area contributed by atoms with Gasteiger partial charge in [0.2, 0.25) is 5.91 Å². The van der Waals surface area contributed by atoms with Crippen LogP contribution in [0, 0.1) is 0 Å². The number of rotatable bonds is 7. The second-order valence-corrected chi connectivity index (χ2v) is 4.95. The summed E-state index contributed by atoms with van der Waals surface area (Å²) in [5.74, 6) is 0.350. The Bertz CT molecular complexity index is 229. The summed E-state index contributed by atoms with van der Waals surface area (Å²) in [6.45, 7) is 4.19. The second-order valence-electron chi connectivity index (χ2n) is 4.95. The number of unbranched alkanes of at least 4 members (excludes halogenated alkanes) is 3. The number of piperidine rings is 1. The third kappa shape index (κ3) is 6.50. The molecule has 0 bridgehead atoms. The van der Waals surface area contributed by atoms with Gasteiger partial charge in [-0.25, -0.2) is 0 Å². The Hall–Kier alpha value is -0.790. The molecule has 2 heteroatoms. The van der Waals surface area contributed by atoms with E-state index < -0.39 is 0 Å². The fourth-order valence-electron chi connectivity index (χ4n) is 2.26. The highest BCUT2D eigenvalue weighted by Gasteiger charge is 2.14. The minimum absolute atomic E-state index is 0.350. The molecule has 1 heterocycles. The molecule has 1 fully saturated rings. The molecule has 0 aromatic heterocycles. The van der Waals surface area contributed by atoms with Crippen LogP contribution in [0.25, 0.3) is 0 Å². The molecule has 0 spiro atoms. The molecule has 0 aromatic carbocycles. The van der Waals surface area contributed by atoms with Crippen LogP contribution in [0.4, 0.5) is 0 Å². The van der Waals surface area contributed by atoms with Crippen molar-refractivity contribution in [1.29, 1.82) is 0 Å². The largest absolute Gasteiger partial charge is 0.343 e. The van der Waals surface area contributed by atoms with Gasteiger partial charge in [0, 0.05) is 19.5 Å². The zero-order valence-electron chi connectivity index (χ0n) is 11.3. The van der Waals surface area contributed by atoms with Gasteiger partial charge in [-0.05, 0) is 38.5 Å². The number of hydrogen-bond acceptors (Lipinski definition) is 1. The molecule has 98 valence electrons. The van der Waals surface area contributed by atoms with E-state index in [-0.39, 0.29) is 0 Å². The van der Waals surface area contributed by atoms with Crippen molar-refractivity contribution in [1.82, 2.24) is 4.90 Å². The van der Waals surface area contributed by atoms with Gasteiger partial charge in [0.25, 0.3) is 0 Å². The van der Waals surface area contributed by atoms with Crippen LogP contribution in [0.15, 0.2) is 12.2 Å². The summed E-state index contributed by atoms with van der Waals surface area (Å²) in [5, 5.41) is 0. The molecule has 0 aromatic rings. The van der Waals surface area contributed by atoms with Crippen LogP contribution in [0.5, 0.6) is 0 Å². The van der Waals surface area contributed by atoms with E-state index in [2.05, 4.69) is 19.1 Å². The Kier molecular flexibility index (Phi) is 7.78. The van der Waals surface area contributed by atoms with Crippen LogP contribution in [0.1, 0.15) is 64.7 Å². The van der Waals surface area contributed by atoms with Crippen LogP contribution < -0.4 is 0 Å². The van der Waals surface area contributed by atoms with Crippen molar-refractivity contribution in [2.24, 2.45) is 0 Å². The van der Waals surface area contributed by atoms with E-state index in [4.69, 9.17) is 0 Å². The number of hydrogen-bond donors (Lipinski definition) is 0. The minimum atomic E-state index is 0.350. The molecule has 0 saturated carbocycles. The Labute approximate surface area is 106 Å². The van der Waals surface area contributed by atoms with Gasteiger partial charge in [0.15, 0.2) is 0 Å². The number of allylic oxidation sites excluding steroid dienone is 2. The highest BCUT2D eigenvalue weighted by atomic mass is 16.2. The normalized spacial score (nSPS) is 16.6. The predicted molar refractivity (Wildman–Crippen MR) is 72.9 cm³/mol. The highest BCUT2D eigenvalue weighted by molar-refractivity contribution is 5.76. The molecular weight excluding hydrogens is 210 g/mol. The lowest BCUT2D eigenvalue weighted by Crippen LogP contribution is -2.35. The summed E-state index contributed by atoms with van der Waals surface area (Å²) in [4.78, 5) is 13.9. The van der Waals surface area contributed by atoms with Gasteiger partial charge in [-0.15, -0.1) is 0 Å². The molecule has 1 amide bonds. The van der Waals surface area contributed by atoms with Gasteiger partial charge >= 0.3 is 0 Å². The molecule has 1 aliphatic heterocycles. The highest BCUT2D eigenvalue weighted by Crippen LogP contribution is 2.11. The number of carbonyl (C=O) groups excluding carboxylic acids is 1. The molecular formula is C15H27NO. The van der Waals surface area contributed by atoms with E-state index in [1.807, 2.05) is 4.90 Å². The average molecular weight is 237 g/mol. The molecule has 1 saturated heterocycles. The van der Waals surface area contributed by atoms with Crippen molar-refractivity contribution in [3.8, 4) is 0 Å². The molecule has 0 atom stereocenters. The first kappa shape index (κ1) is 14.3. The van der Waals surface area contributed by atoms with E-state index >= 15 is 0 Å². The first-order valence-corrected chi connectivity index (χ1v) is 7.27. The van der Waals surface area contributed by atoms with Crippen LogP contribution in [0.2, 0.25) is 0 Å². The monoisotopic (exact) mass is 237 g/mol. The molecule has 2 nitrogen and oxygen atoms in total. The predicted octanol–water partition coefficient (Wildman–Crippen LogP) is 3.92. The number of nitrogens with zero attached hydrogens (tertiary/aromatic N) is 1. The van der Waals surface area contributed by atoms with Crippen LogP contribution in [0.3, 0.4) is 0 Å². The van der Waals surface area contributed by atoms with E-state index in [1.54, 1.807) is 0 Å². The summed E-state index contributed by atoms with van der Waals surface area (Å²) in [6.07, 6.45) is 14.8. The third-order valence-electron chi connectivity index (χ3n) is 3.37. The maximum atomic E-state index is 11.8. The lowest BCUT2D eigenvalue weighted by Gasteiger charge is -2.26. The minimum Gasteiger partial charge on any atom is -0.343 e. The Balaban J connectivity index is 2.03. The maximum Gasteiger partial charge on any atom is 0.222 e. The second kappa shape index (κ2) is 9.26. The molecule has 0 aliphatic carbocycles. The van der Waals surface area contributed by atoms with E-state index in [9.17, 15) is 4.79 Å². The topological polar surface area (TPSA) is 20.3 Å². The number of likely N-dealkylation sites (tertiary alicyclic amines) is 1. The molecule has 17 heavy (non-hydrogen) atoms. The van der Waals surface area contributed by atoms with Gasteiger partial charge in [0.1, 0.15) is 0 Å². The molecule has 0 N–H and O–H groups in total. The summed E-state index contributed by atoms with van der Waals surface area (Å²) >= 11 is 0. The Morgan fingerprint density at radius 2 is 1.76 bits per heavy atom. The van der Waals surface area contributed by atoms with Crippen molar-refractivity contribution >= 4 is 5.91 Å². The summed E-state index contributed by atoms with van der Waals surface area (Å²) in [6, 6.07) is 0. The van der Waals surface area contributed by atoms with Gasteiger partial charge in [-0.1, -0.05) is 31.9 Å². The summed E-state index contributed by atoms with van der Waals surface area (Å²) in [7, 11) is 0. The standard InChI is InChI=1S/C15H27NO/c1-2-3-4-5-6-7-9-12-15(17)16-13-10-8-11-14-16/h6-7H,2-5,8-14H2,1H3/b7-6+. The van der Waals surface area contributed by atoms with Gasteiger partial charge in [-0.2, -0.15) is 0 Å². The molecule has 1 rings (SSSR count). The Morgan fingerprint density at radius 3 is 2.47 bits per heavy atom. The summed E-state index contributed by atoms with van der Waals surface area (Å²) in [5.41, 5.74) is 0. The van der Waals surface area contributed by atoms with Crippen LogP contribution >= 0.6 is 0 Å². The van der Waals surface area contributed by atoms with Crippen LogP contribution in [-0.2, 0) is 4.79 Å². The molecule has 0 unspecified atom stereocenters. The van der Waals surface area contributed by atoms with E-state index in [0.717, 1.165) is 19.5 Å². The van der Waals surface area contributed by atoms with Gasteiger partial charge in [0.05, 0.1) is 0 Å². The quantitative estimate of drug-likeness (QED) is 0.485. The molecule has 1 aliphatic rings. The van der Waals surface area contributed by atoms with Crippen molar-refractivity contribution in [2.75, 3.05) is 13.1 Å². The number of amides is 1. The Morgan fingerprint density at radius 1 is 1.06 bits per heavy atom. The van der Waals surface area contributed by atoms with Crippen molar-refractivity contribution in [3.05, 3.63) is 12.2 Å². The fourth-order valence-corrected chi connectivity index (χ4v) is 2.26. The van der Waals surface area contributed by atoms with Crippen molar-refractivity contribution in [3.63, 3.8) is 0 Å². The van der Waals surface area contributed by atoms with Gasteiger partial charge < -0.3 is 4.90 Å². The maximum absolute atomic E-state index is 11.8. The average Bonchev–Trinajstić information content (AvgIpc) is 2.38. The smallest absolute Gasteiger partial charge is 0.222 e. The first-order valence-electron chi connectivity index (χ1n) is 7.27. The lowest BCUT2D eigenvalue weighted by molar-refractivity contribution is -0.131. The van der Waals surface area contributed by atoms with Crippen LogP contribution in [-0.4, -0.2) is 23.9 Å². The zero-order valence-corrected chi connectivity index (χ0v) is 11.3.